The molecule has 2 rings (SSSR count). The summed E-state index contributed by atoms with van der Waals surface area (Å²) >= 11 is 0. The fraction of sp³-hybridized carbons (Fsp3) is 0.0833. The number of carboxylic acid groups (broad SMARTS) is 1. The average Bonchev–Trinajstić information content (AvgIpc) is 2.81. The second-order valence-electron chi connectivity index (χ2n) is 3.61. The topological polar surface area (TPSA) is 99.2 Å². The number of hydrogen-bond donors (Lipinski definition) is 2. The quantitative estimate of drug-likeness (QED) is 0.857. The molecule has 6 heteroatoms. The molecule has 1 aromatic heterocycles. The van der Waals surface area contributed by atoms with Crippen molar-refractivity contribution in [1.29, 1.82) is 5.26 Å². The Labute approximate surface area is 102 Å². The molecular weight excluding hydrogens is 234 g/mol. The molecule has 0 bridgehead atoms. The number of carboxylic acids is 1. The SMILES string of the molecule is Cc1ccc(C#N)cc1Nc1nc(C(=O)O)co1. The van der Waals surface area contributed by atoms with Crippen molar-refractivity contribution in [2.24, 2.45) is 0 Å². The van der Waals surface area contributed by atoms with E-state index in [1.807, 2.05) is 13.0 Å². The van der Waals surface area contributed by atoms with Gasteiger partial charge in [0, 0.05) is 5.69 Å². The van der Waals surface area contributed by atoms with Crippen LogP contribution in [0.15, 0.2) is 28.9 Å². The van der Waals surface area contributed by atoms with Gasteiger partial charge in [-0.05, 0) is 24.6 Å². The summed E-state index contributed by atoms with van der Waals surface area (Å²) in [6, 6.07) is 7.21. The van der Waals surface area contributed by atoms with Crippen LogP contribution in [0.4, 0.5) is 11.7 Å². The maximum absolute atomic E-state index is 10.6. The molecule has 90 valence electrons. The second kappa shape index (κ2) is 4.59. The Balaban J connectivity index is 2.28. The molecular formula is C12H9N3O3. The van der Waals surface area contributed by atoms with Crippen LogP contribution < -0.4 is 5.32 Å². The Morgan fingerprint density at radius 2 is 2.33 bits per heavy atom. The first-order valence-electron chi connectivity index (χ1n) is 5.07. The average molecular weight is 243 g/mol. The van der Waals surface area contributed by atoms with Crippen LogP contribution in [-0.2, 0) is 0 Å². The molecule has 0 radical (unpaired) electrons. The second-order valence-corrected chi connectivity index (χ2v) is 3.61. The van der Waals surface area contributed by atoms with E-state index in [-0.39, 0.29) is 11.7 Å². The zero-order valence-electron chi connectivity index (χ0n) is 9.47. The predicted molar refractivity (Wildman–Crippen MR) is 62.6 cm³/mol. The highest BCUT2D eigenvalue weighted by Gasteiger charge is 2.11. The van der Waals surface area contributed by atoms with Gasteiger partial charge in [0.15, 0.2) is 5.69 Å². The van der Waals surface area contributed by atoms with Crippen LogP contribution in [0.5, 0.6) is 0 Å². The Hall–Kier alpha value is -2.81. The minimum absolute atomic E-state index is 0.0746. The summed E-state index contributed by atoms with van der Waals surface area (Å²) in [5.41, 5.74) is 1.86. The lowest BCUT2D eigenvalue weighted by molar-refractivity contribution is 0.0690. The number of nitriles is 1. The lowest BCUT2D eigenvalue weighted by Crippen LogP contribution is -1.98. The fourth-order valence-corrected chi connectivity index (χ4v) is 1.37. The molecule has 18 heavy (non-hydrogen) atoms. The molecule has 2 N–H and O–H groups in total. The number of hydrogen-bond acceptors (Lipinski definition) is 5. The van der Waals surface area contributed by atoms with Crippen molar-refractivity contribution in [2.75, 3.05) is 5.32 Å². The first-order chi connectivity index (χ1) is 8.60. The first-order valence-corrected chi connectivity index (χ1v) is 5.07. The highest BCUT2D eigenvalue weighted by Crippen LogP contribution is 2.21. The molecule has 0 saturated carbocycles. The van der Waals surface area contributed by atoms with Crippen molar-refractivity contribution < 1.29 is 14.3 Å². The number of anilines is 2. The number of benzene rings is 1. The molecule has 0 unspecified atom stereocenters. The Morgan fingerprint density at radius 3 is 2.94 bits per heavy atom. The third kappa shape index (κ3) is 2.30. The lowest BCUT2D eigenvalue weighted by Gasteiger charge is -2.05. The summed E-state index contributed by atoms with van der Waals surface area (Å²) in [7, 11) is 0. The summed E-state index contributed by atoms with van der Waals surface area (Å²) in [6.45, 7) is 1.85. The molecule has 0 amide bonds. The van der Waals surface area contributed by atoms with Gasteiger partial charge in [0.2, 0.25) is 0 Å². The minimum Gasteiger partial charge on any atom is -0.476 e. The van der Waals surface area contributed by atoms with Crippen LogP contribution >= 0.6 is 0 Å². The first kappa shape index (κ1) is 11.7. The molecule has 1 aromatic carbocycles. The van der Waals surface area contributed by atoms with Gasteiger partial charge in [0.25, 0.3) is 6.01 Å². The maximum Gasteiger partial charge on any atom is 0.357 e. The predicted octanol–water partition coefficient (Wildman–Crippen LogP) is 2.30. The van der Waals surface area contributed by atoms with Crippen LogP contribution in [0.3, 0.4) is 0 Å². The summed E-state index contributed by atoms with van der Waals surface area (Å²) in [6.07, 6.45) is 1.05. The third-order valence-electron chi connectivity index (χ3n) is 2.33. The number of nitrogens with one attached hydrogen (secondary N) is 1. The molecule has 0 saturated heterocycles. The largest absolute Gasteiger partial charge is 0.476 e. The van der Waals surface area contributed by atoms with Crippen molar-refractivity contribution in [3.8, 4) is 6.07 Å². The van der Waals surface area contributed by atoms with Gasteiger partial charge in [-0.1, -0.05) is 6.07 Å². The lowest BCUT2D eigenvalue weighted by atomic mass is 10.1. The van der Waals surface area contributed by atoms with E-state index in [4.69, 9.17) is 14.8 Å². The number of aromatic nitrogens is 1. The van der Waals surface area contributed by atoms with Gasteiger partial charge < -0.3 is 14.8 Å². The van der Waals surface area contributed by atoms with Crippen LogP contribution in [-0.4, -0.2) is 16.1 Å². The van der Waals surface area contributed by atoms with E-state index < -0.39 is 5.97 Å². The molecule has 0 aliphatic carbocycles. The van der Waals surface area contributed by atoms with Crippen LogP contribution in [0.25, 0.3) is 0 Å². The number of oxazole rings is 1. The van der Waals surface area contributed by atoms with Crippen LogP contribution in [0.2, 0.25) is 0 Å². The van der Waals surface area contributed by atoms with Crippen molar-refractivity contribution in [1.82, 2.24) is 4.98 Å². The molecule has 0 spiro atoms. The summed E-state index contributed by atoms with van der Waals surface area (Å²) in [5.74, 6) is -1.16. The van der Waals surface area contributed by atoms with Crippen molar-refractivity contribution in [3.05, 3.63) is 41.3 Å². The van der Waals surface area contributed by atoms with Crippen LogP contribution in [0, 0.1) is 18.3 Å². The van der Waals surface area contributed by atoms with Crippen LogP contribution in [0.1, 0.15) is 21.6 Å². The normalized spacial score (nSPS) is 9.78. The van der Waals surface area contributed by atoms with Crippen molar-refractivity contribution >= 4 is 17.7 Å². The van der Waals surface area contributed by atoms with Gasteiger partial charge in [-0.3, -0.25) is 0 Å². The van der Waals surface area contributed by atoms with E-state index >= 15 is 0 Å². The highest BCUT2D eigenvalue weighted by molar-refractivity contribution is 5.85. The smallest absolute Gasteiger partial charge is 0.357 e. The van der Waals surface area contributed by atoms with Gasteiger partial charge in [-0.2, -0.15) is 10.2 Å². The van der Waals surface area contributed by atoms with Gasteiger partial charge >= 0.3 is 5.97 Å². The van der Waals surface area contributed by atoms with Crippen molar-refractivity contribution in [3.63, 3.8) is 0 Å². The summed E-state index contributed by atoms with van der Waals surface area (Å²) < 4.78 is 4.97. The Bertz CT molecular complexity index is 640. The minimum atomic E-state index is -1.16. The number of nitrogens with zero attached hydrogens (tertiary/aromatic N) is 2. The van der Waals surface area contributed by atoms with Crippen molar-refractivity contribution in [2.45, 2.75) is 6.92 Å². The van der Waals surface area contributed by atoms with Gasteiger partial charge in [0.05, 0.1) is 11.6 Å². The fourth-order valence-electron chi connectivity index (χ4n) is 1.37. The molecule has 0 fully saturated rings. The molecule has 0 atom stereocenters. The zero-order valence-corrected chi connectivity index (χ0v) is 9.47. The monoisotopic (exact) mass is 243 g/mol. The highest BCUT2D eigenvalue weighted by atomic mass is 16.4. The van der Waals surface area contributed by atoms with Gasteiger partial charge in [0.1, 0.15) is 6.26 Å². The number of aryl methyl sites for hydroxylation is 1. The molecule has 6 nitrogen and oxygen atoms in total. The zero-order chi connectivity index (χ0) is 13.1. The molecule has 0 aliphatic heterocycles. The van der Waals surface area contributed by atoms with E-state index in [0.29, 0.717) is 11.3 Å². The van der Waals surface area contributed by atoms with Gasteiger partial charge in [-0.15, -0.1) is 0 Å². The Morgan fingerprint density at radius 1 is 1.56 bits per heavy atom. The van der Waals surface area contributed by atoms with Gasteiger partial charge in [-0.25, -0.2) is 4.79 Å². The maximum atomic E-state index is 10.6. The number of aromatic carboxylic acids is 1. The Kier molecular flexibility index (Phi) is 2.98. The summed E-state index contributed by atoms with van der Waals surface area (Å²) in [4.78, 5) is 14.4. The molecule has 0 aliphatic rings. The molecule has 2 aromatic rings. The third-order valence-corrected chi connectivity index (χ3v) is 2.33. The summed E-state index contributed by atoms with van der Waals surface area (Å²) in [5, 5.41) is 20.3. The van der Waals surface area contributed by atoms with E-state index in [9.17, 15) is 4.79 Å². The number of rotatable bonds is 3. The van der Waals surface area contributed by atoms with E-state index in [1.165, 1.54) is 0 Å². The van der Waals surface area contributed by atoms with E-state index in [0.717, 1.165) is 11.8 Å². The van der Waals surface area contributed by atoms with E-state index in [2.05, 4.69) is 10.3 Å². The molecule has 1 heterocycles. The van der Waals surface area contributed by atoms with E-state index in [1.54, 1.807) is 18.2 Å². The standard InChI is InChI=1S/C12H9N3O3/c1-7-2-3-8(5-13)4-9(7)14-12-15-10(6-18-12)11(16)17/h2-4,6H,1H3,(H,14,15)(H,16,17). The number of carbonyl (C=O) groups is 1.